The summed E-state index contributed by atoms with van der Waals surface area (Å²) in [4.78, 5) is 21.1. The Morgan fingerprint density at radius 2 is 1.90 bits per heavy atom. The van der Waals surface area contributed by atoms with Crippen molar-refractivity contribution in [3.05, 3.63) is 70.2 Å². The molecular formula is C21H20BrFN4O2. The topological polar surface area (TPSA) is 62.5 Å². The Labute approximate surface area is 176 Å². The Kier molecular flexibility index (Phi) is 6.01. The van der Waals surface area contributed by atoms with E-state index in [1.54, 1.807) is 17.0 Å². The average molecular weight is 459 g/mol. The van der Waals surface area contributed by atoms with E-state index in [2.05, 4.69) is 31.0 Å². The second-order valence-electron chi connectivity index (χ2n) is 6.91. The van der Waals surface area contributed by atoms with Crippen LogP contribution in [0.5, 0.6) is 0 Å². The van der Waals surface area contributed by atoms with Gasteiger partial charge in [-0.2, -0.15) is 4.98 Å². The van der Waals surface area contributed by atoms with E-state index in [1.807, 2.05) is 30.3 Å². The lowest BCUT2D eigenvalue weighted by Crippen LogP contribution is -2.35. The number of hydrogen-bond donors (Lipinski definition) is 0. The first-order chi connectivity index (χ1) is 14.1. The largest absolute Gasteiger partial charge is 0.337 e. The summed E-state index contributed by atoms with van der Waals surface area (Å²) in [6.07, 6.45) is 0.796. The van der Waals surface area contributed by atoms with E-state index in [4.69, 9.17) is 4.52 Å². The maximum absolute atomic E-state index is 14.3. The first-order valence-electron chi connectivity index (χ1n) is 9.45. The van der Waals surface area contributed by atoms with Gasteiger partial charge in [0.05, 0.1) is 16.6 Å². The highest BCUT2D eigenvalue weighted by Gasteiger charge is 2.24. The molecule has 1 aliphatic heterocycles. The maximum atomic E-state index is 14.3. The van der Waals surface area contributed by atoms with Crippen molar-refractivity contribution in [2.45, 2.75) is 13.0 Å². The molecule has 0 unspecified atom stereocenters. The summed E-state index contributed by atoms with van der Waals surface area (Å²) in [6, 6.07) is 14.4. The third-order valence-electron chi connectivity index (χ3n) is 4.91. The molecule has 0 radical (unpaired) electrons. The minimum absolute atomic E-state index is 0.0958. The summed E-state index contributed by atoms with van der Waals surface area (Å²) in [6.45, 7) is 3.12. The van der Waals surface area contributed by atoms with Crippen LogP contribution in [-0.4, -0.2) is 52.0 Å². The molecule has 29 heavy (non-hydrogen) atoms. The molecule has 0 N–H and O–H groups in total. The van der Waals surface area contributed by atoms with Crippen LogP contribution in [0.2, 0.25) is 0 Å². The standard InChI is InChI=1S/C21H20BrFN4O2/c22-17-9-4-8-16(19(17)23)21(28)27-11-5-10-26(12-13-27)14-18-24-20(29-25-18)15-6-2-1-3-7-15/h1-4,6-9H,5,10-14H2. The molecule has 1 amide bonds. The Bertz CT molecular complexity index is 995. The van der Waals surface area contributed by atoms with Crippen LogP contribution in [0.15, 0.2) is 57.5 Å². The monoisotopic (exact) mass is 458 g/mol. The molecule has 0 aliphatic carbocycles. The Morgan fingerprint density at radius 3 is 2.72 bits per heavy atom. The summed E-state index contributed by atoms with van der Waals surface area (Å²) in [5, 5.41) is 4.08. The zero-order valence-electron chi connectivity index (χ0n) is 15.7. The number of amides is 1. The maximum Gasteiger partial charge on any atom is 0.257 e. The number of carbonyl (C=O) groups excluding carboxylic acids is 1. The van der Waals surface area contributed by atoms with Crippen molar-refractivity contribution < 1.29 is 13.7 Å². The molecule has 8 heteroatoms. The van der Waals surface area contributed by atoms with Crippen molar-refractivity contribution in [3.63, 3.8) is 0 Å². The van der Waals surface area contributed by atoms with Crippen LogP contribution in [0.25, 0.3) is 11.5 Å². The van der Waals surface area contributed by atoms with Gasteiger partial charge in [0.1, 0.15) is 5.82 Å². The summed E-state index contributed by atoms with van der Waals surface area (Å²) < 4.78 is 19.9. The van der Waals surface area contributed by atoms with E-state index in [-0.39, 0.29) is 11.5 Å². The molecular weight excluding hydrogens is 439 g/mol. The quantitative estimate of drug-likeness (QED) is 0.591. The highest BCUT2D eigenvalue weighted by Crippen LogP contribution is 2.21. The van der Waals surface area contributed by atoms with Crippen LogP contribution >= 0.6 is 15.9 Å². The molecule has 1 aromatic heterocycles. The lowest BCUT2D eigenvalue weighted by Gasteiger charge is -2.21. The van der Waals surface area contributed by atoms with Gasteiger partial charge in [-0.25, -0.2) is 4.39 Å². The van der Waals surface area contributed by atoms with Gasteiger partial charge in [0.15, 0.2) is 5.82 Å². The van der Waals surface area contributed by atoms with Crippen molar-refractivity contribution in [1.82, 2.24) is 19.9 Å². The third-order valence-corrected chi connectivity index (χ3v) is 5.52. The van der Waals surface area contributed by atoms with Crippen LogP contribution in [0, 0.1) is 5.82 Å². The molecule has 1 saturated heterocycles. The van der Waals surface area contributed by atoms with Gasteiger partial charge >= 0.3 is 0 Å². The molecule has 0 spiro atoms. The van der Waals surface area contributed by atoms with E-state index >= 15 is 0 Å². The molecule has 2 heterocycles. The van der Waals surface area contributed by atoms with Crippen molar-refractivity contribution in [1.29, 1.82) is 0 Å². The zero-order chi connectivity index (χ0) is 20.2. The number of carbonyl (C=O) groups is 1. The Morgan fingerprint density at radius 1 is 1.07 bits per heavy atom. The molecule has 0 saturated carbocycles. The van der Waals surface area contributed by atoms with Crippen molar-refractivity contribution in [2.24, 2.45) is 0 Å². The molecule has 150 valence electrons. The highest BCUT2D eigenvalue weighted by atomic mass is 79.9. The number of rotatable bonds is 4. The molecule has 1 aliphatic rings. The van der Waals surface area contributed by atoms with Crippen molar-refractivity contribution in [2.75, 3.05) is 26.2 Å². The molecule has 0 atom stereocenters. The third kappa shape index (κ3) is 4.54. The zero-order valence-corrected chi connectivity index (χ0v) is 17.3. The smallest absolute Gasteiger partial charge is 0.257 e. The molecule has 6 nitrogen and oxygen atoms in total. The number of nitrogens with zero attached hydrogens (tertiary/aromatic N) is 4. The first kappa shape index (κ1) is 19.7. The van der Waals surface area contributed by atoms with Gasteiger partial charge in [-0.05, 0) is 46.6 Å². The number of benzene rings is 2. The van der Waals surface area contributed by atoms with Gasteiger partial charge in [-0.1, -0.05) is 29.4 Å². The van der Waals surface area contributed by atoms with Crippen LogP contribution in [0.3, 0.4) is 0 Å². The SMILES string of the molecule is O=C(c1cccc(Br)c1F)N1CCCN(Cc2noc(-c3ccccc3)n2)CC1. The van der Waals surface area contributed by atoms with Gasteiger partial charge in [-0.3, -0.25) is 9.69 Å². The van der Waals surface area contributed by atoms with Crippen LogP contribution in [-0.2, 0) is 6.54 Å². The van der Waals surface area contributed by atoms with Crippen LogP contribution in [0.1, 0.15) is 22.6 Å². The average Bonchev–Trinajstić information content (AvgIpc) is 3.08. The fourth-order valence-electron chi connectivity index (χ4n) is 3.39. The van der Waals surface area contributed by atoms with Gasteiger partial charge < -0.3 is 9.42 Å². The minimum atomic E-state index is -0.515. The molecule has 4 rings (SSSR count). The fraction of sp³-hybridized carbons (Fsp3) is 0.286. The predicted molar refractivity (Wildman–Crippen MR) is 110 cm³/mol. The number of aromatic nitrogens is 2. The lowest BCUT2D eigenvalue weighted by atomic mass is 10.2. The number of hydrogen-bond acceptors (Lipinski definition) is 5. The van der Waals surface area contributed by atoms with Gasteiger partial charge in [0.25, 0.3) is 11.8 Å². The Hall–Kier alpha value is -2.58. The van der Waals surface area contributed by atoms with E-state index in [0.29, 0.717) is 42.4 Å². The second kappa shape index (κ2) is 8.84. The number of halogens is 2. The van der Waals surface area contributed by atoms with Gasteiger partial charge in [0, 0.05) is 31.7 Å². The summed E-state index contributed by atoms with van der Waals surface area (Å²) in [7, 11) is 0. The van der Waals surface area contributed by atoms with Gasteiger partial charge in [-0.15, -0.1) is 0 Å². The summed E-state index contributed by atoms with van der Waals surface area (Å²) in [5.41, 5.74) is 0.980. The van der Waals surface area contributed by atoms with Crippen LogP contribution < -0.4 is 0 Å². The minimum Gasteiger partial charge on any atom is -0.337 e. The molecule has 1 fully saturated rings. The highest BCUT2D eigenvalue weighted by molar-refractivity contribution is 9.10. The second-order valence-corrected chi connectivity index (χ2v) is 7.76. The summed E-state index contributed by atoms with van der Waals surface area (Å²) in [5.74, 6) is 0.314. The predicted octanol–water partition coefficient (Wildman–Crippen LogP) is 3.99. The Balaban J connectivity index is 1.39. The normalized spacial score (nSPS) is 15.3. The molecule has 0 bridgehead atoms. The fourth-order valence-corrected chi connectivity index (χ4v) is 3.75. The van der Waals surface area contributed by atoms with Crippen molar-refractivity contribution in [3.8, 4) is 11.5 Å². The van der Waals surface area contributed by atoms with Gasteiger partial charge in [0.2, 0.25) is 0 Å². The summed E-state index contributed by atoms with van der Waals surface area (Å²) >= 11 is 3.14. The van der Waals surface area contributed by atoms with Crippen molar-refractivity contribution >= 4 is 21.8 Å². The van der Waals surface area contributed by atoms with E-state index in [1.165, 1.54) is 6.07 Å². The molecule has 3 aromatic rings. The van der Waals surface area contributed by atoms with Crippen LogP contribution in [0.4, 0.5) is 4.39 Å². The van der Waals surface area contributed by atoms with E-state index in [9.17, 15) is 9.18 Å². The van der Waals surface area contributed by atoms with E-state index in [0.717, 1.165) is 18.5 Å². The lowest BCUT2D eigenvalue weighted by molar-refractivity contribution is 0.0756. The molecule has 2 aromatic carbocycles. The first-order valence-corrected chi connectivity index (χ1v) is 10.2. The van der Waals surface area contributed by atoms with E-state index < -0.39 is 5.82 Å².